The maximum Gasteiger partial charge on any atom is 0.312 e. The van der Waals surface area contributed by atoms with Gasteiger partial charge in [0, 0.05) is 6.54 Å². The molecule has 0 saturated heterocycles. The first kappa shape index (κ1) is 20.6. The van der Waals surface area contributed by atoms with Gasteiger partial charge in [-0.15, -0.1) is 5.10 Å². The second-order valence-corrected chi connectivity index (χ2v) is 10.4. The number of hydrogen-bond acceptors (Lipinski definition) is 6. The summed E-state index contributed by atoms with van der Waals surface area (Å²) in [6.45, 7) is 4.14. The predicted octanol–water partition coefficient (Wildman–Crippen LogP) is 2.87. The molecule has 2 heterocycles. The molecule has 1 N–H and O–H groups in total. The first-order chi connectivity index (χ1) is 14.7. The van der Waals surface area contributed by atoms with Gasteiger partial charge in [-0.1, -0.05) is 0 Å². The van der Waals surface area contributed by atoms with Crippen molar-refractivity contribution in [1.29, 1.82) is 0 Å². The highest BCUT2D eigenvalue weighted by Gasteiger charge is 2.61. The lowest BCUT2D eigenvalue weighted by Gasteiger charge is -2.60. The maximum atomic E-state index is 13.4. The van der Waals surface area contributed by atoms with Crippen molar-refractivity contribution in [1.82, 2.24) is 29.9 Å². The number of carbonyl (C=O) groups is 1. The number of carbonyl (C=O) groups excluding carboxylic acids is 1. The zero-order valence-corrected chi connectivity index (χ0v) is 19.3. The lowest BCUT2D eigenvalue weighted by atomic mass is 9.46. The third kappa shape index (κ3) is 3.28. The summed E-state index contributed by atoms with van der Waals surface area (Å²) in [5, 5.41) is 23.2. The summed E-state index contributed by atoms with van der Waals surface area (Å²) >= 11 is 3.36. The number of nitro groups is 1. The molecule has 2 unspecified atom stereocenters. The van der Waals surface area contributed by atoms with Gasteiger partial charge in [-0.3, -0.25) is 19.6 Å². The lowest BCUT2D eigenvalue weighted by molar-refractivity contribution is -0.386. The summed E-state index contributed by atoms with van der Waals surface area (Å²) in [6.07, 6.45) is 7.75. The molecule has 0 aromatic carbocycles. The zero-order valence-electron chi connectivity index (χ0n) is 17.7. The van der Waals surface area contributed by atoms with Crippen LogP contribution in [0.5, 0.6) is 0 Å². The van der Waals surface area contributed by atoms with E-state index in [9.17, 15) is 14.9 Å². The minimum absolute atomic E-state index is 0.0494. The molecule has 2 aromatic heterocycles. The van der Waals surface area contributed by atoms with Gasteiger partial charge >= 0.3 is 5.69 Å². The predicted molar refractivity (Wildman–Crippen MR) is 114 cm³/mol. The van der Waals surface area contributed by atoms with Crippen LogP contribution in [0.4, 0.5) is 5.69 Å². The van der Waals surface area contributed by atoms with Crippen LogP contribution in [0.1, 0.15) is 49.9 Å². The Morgan fingerprint density at radius 2 is 2.00 bits per heavy atom. The van der Waals surface area contributed by atoms with Crippen LogP contribution >= 0.6 is 15.9 Å². The van der Waals surface area contributed by atoms with E-state index in [1.54, 1.807) is 24.9 Å². The minimum atomic E-state index is -0.399. The molecule has 0 spiro atoms. The average Bonchev–Trinajstić information content (AvgIpc) is 3.24. The normalized spacial score (nSPS) is 31.2. The molecule has 2 atom stereocenters. The van der Waals surface area contributed by atoms with Crippen molar-refractivity contribution in [2.45, 2.75) is 64.5 Å². The van der Waals surface area contributed by atoms with Crippen LogP contribution in [-0.2, 0) is 16.9 Å². The van der Waals surface area contributed by atoms with Crippen molar-refractivity contribution in [2.75, 3.05) is 6.54 Å². The summed E-state index contributed by atoms with van der Waals surface area (Å²) in [5.74, 6) is 1.17. The number of rotatable bonds is 6. The van der Waals surface area contributed by atoms with Gasteiger partial charge in [0.05, 0.1) is 22.4 Å². The zero-order chi connectivity index (χ0) is 22.0. The second-order valence-electron chi connectivity index (χ2n) is 9.68. The molecule has 0 radical (unpaired) electrons. The van der Waals surface area contributed by atoms with Gasteiger partial charge in [0.15, 0.2) is 0 Å². The van der Waals surface area contributed by atoms with Gasteiger partial charge in [-0.05, 0) is 80.1 Å². The highest BCUT2D eigenvalue weighted by molar-refractivity contribution is 9.10. The third-order valence-corrected chi connectivity index (χ3v) is 7.96. The molecule has 4 aliphatic carbocycles. The molecule has 10 nitrogen and oxygen atoms in total. The highest BCUT2D eigenvalue weighted by atomic mass is 79.9. The van der Waals surface area contributed by atoms with E-state index in [4.69, 9.17) is 0 Å². The Balaban J connectivity index is 1.31. The first-order valence-corrected chi connectivity index (χ1v) is 11.5. The van der Waals surface area contributed by atoms with Gasteiger partial charge in [-0.2, -0.15) is 5.10 Å². The second kappa shape index (κ2) is 7.11. The average molecular weight is 492 g/mol. The van der Waals surface area contributed by atoms with E-state index in [1.165, 1.54) is 6.42 Å². The van der Waals surface area contributed by atoms with Crippen LogP contribution in [0.25, 0.3) is 0 Å². The van der Waals surface area contributed by atoms with E-state index in [0.717, 1.165) is 32.1 Å². The number of hydrogen-bond donors (Lipinski definition) is 1. The Kier molecular flexibility index (Phi) is 4.72. The number of halogens is 1. The van der Waals surface area contributed by atoms with Gasteiger partial charge in [0.25, 0.3) is 0 Å². The maximum absolute atomic E-state index is 13.4. The number of nitrogens with one attached hydrogen (secondary N) is 1. The van der Waals surface area contributed by atoms with Crippen LogP contribution in [0.3, 0.4) is 0 Å². The van der Waals surface area contributed by atoms with E-state index in [0.29, 0.717) is 41.0 Å². The van der Waals surface area contributed by atoms with Gasteiger partial charge in [0.1, 0.15) is 17.7 Å². The Morgan fingerprint density at radius 1 is 1.29 bits per heavy atom. The van der Waals surface area contributed by atoms with Crippen LogP contribution in [0.15, 0.2) is 11.1 Å². The van der Waals surface area contributed by atoms with Crippen LogP contribution in [-0.4, -0.2) is 41.9 Å². The van der Waals surface area contributed by atoms with Crippen molar-refractivity contribution < 1.29 is 9.72 Å². The van der Waals surface area contributed by atoms with Gasteiger partial charge < -0.3 is 5.32 Å². The molecule has 2 aromatic rings. The van der Waals surface area contributed by atoms with Crippen LogP contribution < -0.4 is 5.32 Å². The van der Waals surface area contributed by atoms with Gasteiger partial charge in [0.2, 0.25) is 10.6 Å². The van der Waals surface area contributed by atoms with E-state index in [2.05, 4.69) is 36.4 Å². The summed E-state index contributed by atoms with van der Waals surface area (Å²) in [6, 6.07) is 0. The fourth-order valence-electron chi connectivity index (χ4n) is 6.85. The molecular weight excluding hydrogens is 466 g/mol. The van der Waals surface area contributed by atoms with Crippen molar-refractivity contribution in [2.24, 2.45) is 17.3 Å². The Morgan fingerprint density at radius 3 is 2.58 bits per heavy atom. The monoisotopic (exact) mass is 491 g/mol. The van der Waals surface area contributed by atoms with Crippen LogP contribution in [0, 0.1) is 41.2 Å². The molecule has 4 saturated carbocycles. The molecule has 11 heteroatoms. The standard InChI is InChI=1S/C20H26BrN7O3/c1-12-16(28(30)31)13(2)26(24-12)4-3-22-17(29)19-6-14-5-15(7-19)9-20(8-14,10-19)27-11-23-18(21)25-27/h11,14-15H,3-10H2,1-2H3,(H,22,29). The molecular formula is C20H26BrN7O3. The molecule has 166 valence electrons. The number of aryl methyl sites for hydroxylation is 1. The number of nitrogens with zero attached hydrogens (tertiary/aromatic N) is 6. The van der Waals surface area contributed by atoms with Crippen LogP contribution in [0.2, 0.25) is 0 Å². The molecule has 1 amide bonds. The van der Waals surface area contributed by atoms with Crippen molar-refractivity contribution in [3.05, 3.63) is 32.6 Å². The SMILES string of the molecule is Cc1nn(CCNC(=O)C23CC4CC(C2)CC(n2cnc(Br)n2)(C4)C3)c(C)c1[N+](=O)[O-]. The largest absolute Gasteiger partial charge is 0.354 e. The Labute approximate surface area is 188 Å². The van der Waals surface area contributed by atoms with Crippen molar-refractivity contribution in [3.8, 4) is 0 Å². The number of amides is 1. The third-order valence-electron chi connectivity index (χ3n) is 7.60. The molecule has 4 aliphatic rings. The minimum Gasteiger partial charge on any atom is -0.354 e. The molecule has 6 rings (SSSR count). The number of aromatic nitrogens is 5. The fraction of sp³-hybridized carbons (Fsp3) is 0.700. The quantitative estimate of drug-likeness (QED) is 0.489. The smallest absolute Gasteiger partial charge is 0.312 e. The summed E-state index contributed by atoms with van der Waals surface area (Å²) < 4.78 is 4.19. The lowest BCUT2D eigenvalue weighted by Crippen LogP contribution is -2.61. The topological polar surface area (TPSA) is 121 Å². The highest BCUT2D eigenvalue weighted by Crippen LogP contribution is 2.64. The Hall–Kier alpha value is -2.30. The summed E-state index contributed by atoms with van der Waals surface area (Å²) in [7, 11) is 0. The first-order valence-electron chi connectivity index (χ1n) is 10.8. The van der Waals surface area contributed by atoms with E-state index in [-0.39, 0.29) is 22.5 Å². The van der Waals surface area contributed by atoms with E-state index >= 15 is 0 Å². The molecule has 31 heavy (non-hydrogen) atoms. The van der Waals surface area contributed by atoms with E-state index < -0.39 is 4.92 Å². The van der Waals surface area contributed by atoms with E-state index in [1.807, 2.05) is 4.68 Å². The molecule has 0 aliphatic heterocycles. The Bertz CT molecular complexity index is 1050. The fourth-order valence-corrected chi connectivity index (χ4v) is 7.11. The molecule has 4 fully saturated rings. The van der Waals surface area contributed by atoms with Gasteiger partial charge in [-0.25, -0.2) is 9.67 Å². The van der Waals surface area contributed by atoms with Crippen molar-refractivity contribution in [3.63, 3.8) is 0 Å². The summed E-state index contributed by atoms with van der Waals surface area (Å²) in [4.78, 5) is 28.5. The molecule has 4 bridgehead atoms. The summed E-state index contributed by atoms with van der Waals surface area (Å²) in [5.41, 5.74) is 0.465. The van der Waals surface area contributed by atoms with Crippen molar-refractivity contribution >= 4 is 27.5 Å².